The van der Waals surface area contributed by atoms with Crippen LogP contribution >= 0.6 is 0 Å². The molecule has 0 saturated heterocycles. The summed E-state index contributed by atoms with van der Waals surface area (Å²) in [5.41, 5.74) is 2.21. The first-order valence-corrected chi connectivity index (χ1v) is 7.88. The second-order valence-corrected chi connectivity index (χ2v) is 5.53. The van der Waals surface area contributed by atoms with Gasteiger partial charge in [-0.1, -0.05) is 42.0 Å². The second kappa shape index (κ2) is 10.2. The Morgan fingerprint density at radius 3 is 2.42 bits per heavy atom. The summed E-state index contributed by atoms with van der Waals surface area (Å²) in [4.78, 5) is 34.5. The molecular weight excluding hydrogens is 308 g/mol. The van der Waals surface area contributed by atoms with Gasteiger partial charge in [0, 0.05) is 6.42 Å². The van der Waals surface area contributed by atoms with Crippen LogP contribution in [0.1, 0.15) is 30.9 Å². The van der Waals surface area contributed by atoms with Gasteiger partial charge in [0.1, 0.15) is 6.04 Å². The third-order valence-electron chi connectivity index (χ3n) is 3.45. The number of allylic oxidation sites excluding steroid dienone is 1. The van der Waals surface area contributed by atoms with Crippen molar-refractivity contribution in [3.63, 3.8) is 0 Å². The van der Waals surface area contributed by atoms with Gasteiger partial charge in [-0.3, -0.25) is 9.59 Å². The van der Waals surface area contributed by atoms with E-state index in [0.717, 1.165) is 11.1 Å². The topological polar surface area (TPSA) is 95.5 Å². The number of nitrogens with one attached hydrogen (secondary N) is 2. The molecule has 0 spiro atoms. The lowest BCUT2D eigenvalue weighted by Crippen LogP contribution is -2.45. The maximum Gasteiger partial charge on any atom is 0.326 e. The van der Waals surface area contributed by atoms with Crippen LogP contribution in [-0.2, 0) is 20.8 Å². The van der Waals surface area contributed by atoms with Gasteiger partial charge < -0.3 is 15.7 Å². The van der Waals surface area contributed by atoms with E-state index in [1.807, 2.05) is 31.2 Å². The Morgan fingerprint density at radius 2 is 1.83 bits per heavy atom. The SMILES string of the molecule is C/C=C/CC(NC(=O)CNC(=O)CCc1ccc(C)cc1)C(=O)O. The molecule has 3 N–H and O–H groups in total. The maximum atomic E-state index is 11.8. The molecule has 0 fully saturated rings. The molecule has 1 atom stereocenters. The van der Waals surface area contributed by atoms with Crippen molar-refractivity contribution >= 4 is 17.8 Å². The Labute approximate surface area is 141 Å². The largest absolute Gasteiger partial charge is 0.480 e. The first-order valence-electron chi connectivity index (χ1n) is 7.88. The lowest BCUT2D eigenvalue weighted by molar-refractivity contribution is -0.141. The van der Waals surface area contributed by atoms with Crippen LogP contribution in [0.3, 0.4) is 0 Å². The number of carboxylic acids is 1. The summed E-state index contributed by atoms with van der Waals surface area (Å²) < 4.78 is 0. The fourth-order valence-electron chi connectivity index (χ4n) is 2.02. The zero-order valence-corrected chi connectivity index (χ0v) is 14.0. The lowest BCUT2D eigenvalue weighted by Gasteiger charge is -2.13. The zero-order valence-electron chi connectivity index (χ0n) is 14.0. The third-order valence-corrected chi connectivity index (χ3v) is 3.45. The first-order chi connectivity index (χ1) is 11.4. The minimum Gasteiger partial charge on any atom is -0.480 e. The summed E-state index contributed by atoms with van der Waals surface area (Å²) in [5, 5.41) is 13.9. The first kappa shape index (κ1) is 19.4. The van der Waals surface area contributed by atoms with Gasteiger partial charge in [0.2, 0.25) is 11.8 Å². The van der Waals surface area contributed by atoms with Gasteiger partial charge in [-0.05, 0) is 32.3 Å². The summed E-state index contributed by atoms with van der Waals surface area (Å²) in [7, 11) is 0. The van der Waals surface area contributed by atoms with E-state index in [1.54, 1.807) is 19.1 Å². The second-order valence-electron chi connectivity index (χ2n) is 5.53. The molecule has 0 heterocycles. The molecule has 130 valence electrons. The van der Waals surface area contributed by atoms with Gasteiger partial charge in [0.25, 0.3) is 0 Å². The molecule has 24 heavy (non-hydrogen) atoms. The number of aliphatic carboxylic acids is 1. The van der Waals surface area contributed by atoms with Crippen molar-refractivity contribution in [3.05, 3.63) is 47.5 Å². The van der Waals surface area contributed by atoms with Crippen molar-refractivity contribution in [2.45, 2.75) is 39.2 Å². The number of amides is 2. The normalized spacial score (nSPS) is 11.9. The summed E-state index contributed by atoms with van der Waals surface area (Å²) >= 11 is 0. The number of benzene rings is 1. The molecule has 0 radical (unpaired) electrons. The number of carbonyl (C=O) groups excluding carboxylic acids is 2. The van der Waals surface area contributed by atoms with Gasteiger partial charge >= 0.3 is 5.97 Å². The number of hydrogen-bond donors (Lipinski definition) is 3. The molecule has 1 unspecified atom stereocenters. The quantitative estimate of drug-likeness (QED) is 0.598. The van der Waals surface area contributed by atoms with Gasteiger partial charge in [-0.2, -0.15) is 0 Å². The van der Waals surface area contributed by atoms with Gasteiger partial charge in [-0.15, -0.1) is 0 Å². The average molecular weight is 332 g/mol. The molecule has 0 aliphatic rings. The van der Waals surface area contributed by atoms with Crippen molar-refractivity contribution in [1.29, 1.82) is 0 Å². The molecule has 2 amide bonds. The van der Waals surface area contributed by atoms with Gasteiger partial charge in [0.15, 0.2) is 0 Å². The van der Waals surface area contributed by atoms with Gasteiger partial charge in [0.05, 0.1) is 6.54 Å². The molecule has 1 aromatic carbocycles. The smallest absolute Gasteiger partial charge is 0.326 e. The van der Waals surface area contributed by atoms with Crippen molar-refractivity contribution in [3.8, 4) is 0 Å². The summed E-state index contributed by atoms with van der Waals surface area (Å²) in [6.07, 6.45) is 4.46. The van der Waals surface area contributed by atoms with E-state index in [1.165, 1.54) is 0 Å². The highest BCUT2D eigenvalue weighted by molar-refractivity contribution is 5.87. The van der Waals surface area contributed by atoms with E-state index < -0.39 is 17.9 Å². The Morgan fingerprint density at radius 1 is 1.17 bits per heavy atom. The monoisotopic (exact) mass is 332 g/mol. The van der Waals surface area contributed by atoms with Crippen LogP contribution in [0, 0.1) is 6.92 Å². The zero-order chi connectivity index (χ0) is 17.9. The van der Waals surface area contributed by atoms with Crippen molar-refractivity contribution in [2.75, 3.05) is 6.54 Å². The Hall–Kier alpha value is -2.63. The highest BCUT2D eigenvalue weighted by Crippen LogP contribution is 2.05. The number of hydrogen-bond acceptors (Lipinski definition) is 3. The van der Waals surface area contributed by atoms with Crippen molar-refractivity contribution in [1.82, 2.24) is 10.6 Å². The van der Waals surface area contributed by atoms with Crippen LogP contribution in [0.25, 0.3) is 0 Å². The highest BCUT2D eigenvalue weighted by atomic mass is 16.4. The number of carbonyl (C=O) groups is 3. The molecule has 6 heteroatoms. The van der Waals surface area contributed by atoms with Crippen LogP contribution < -0.4 is 10.6 Å². The highest BCUT2D eigenvalue weighted by Gasteiger charge is 2.18. The average Bonchev–Trinajstić information content (AvgIpc) is 2.56. The molecule has 1 aromatic rings. The van der Waals surface area contributed by atoms with Crippen LogP contribution in [0.2, 0.25) is 0 Å². The Bertz CT molecular complexity index is 594. The molecule has 6 nitrogen and oxygen atoms in total. The Balaban J connectivity index is 2.33. The summed E-state index contributed by atoms with van der Waals surface area (Å²) in [6.45, 7) is 3.54. The van der Waals surface area contributed by atoms with Gasteiger partial charge in [-0.25, -0.2) is 4.79 Å². The maximum absolute atomic E-state index is 11.8. The van der Waals surface area contributed by atoms with Crippen LogP contribution in [0.15, 0.2) is 36.4 Å². The minimum atomic E-state index is -1.10. The van der Waals surface area contributed by atoms with Crippen LogP contribution in [0.5, 0.6) is 0 Å². The van der Waals surface area contributed by atoms with E-state index in [9.17, 15) is 14.4 Å². The predicted molar refractivity (Wildman–Crippen MR) is 91.5 cm³/mol. The standard InChI is InChI=1S/C18H24N2O4/c1-3-4-5-15(18(23)24)20-17(22)12-19-16(21)11-10-14-8-6-13(2)7-9-14/h3-4,6-9,15H,5,10-12H2,1-2H3,(H,19,21)(H,20,22)(H,23,24)/b4-3+. The number of carboxylic acid groups (broad SMARTS) is 1. The van der Waals surface area contributed by atoms with Crippen molar-refractivity contribution in [2.24, 2.45) is 0 Å². The van der Waals surface area contributed by atoms with Crippen LogP contribution in [-0.4, -0.2) is 35.5 Å². The summed E-state index contributed by atoms with van der Waals surface area (Å²) in [6, 6.07) is 6.91. The fourth-order valence-corrected chi connectivity index (χ4v) is 2.02. The molecule has 0 aromatic heterocycles. The minimum absolute atomic E-state index is 0.207. The van der Waals surface area contributed by atoms with E-state index in [-0.39, 0.29) is 25.3 Å². The molecule has 1 rings (SSSR count). The Kier molecular flexibility index (Phi) is 8.25. The molecule has 0 aliphatic carbocycles. The number of aryl methyl sites for hydroxylation is 2. The molecular formula is C18H24N2O4. The van der Waals surface area contributed by atoms with E-state index in [2.05, 4.69) is 10.6 Å². The van der Waals surface area contributed by atoms with Crippen LogP contribution in [0.4, 0.5) is 0 Å². The van der Waals surface area contributed by atoms with E-state index in [4.69, 9.17) is 5.11 Å². The van der Waals surface area contributed by atoms with Crippen molar-refractivity contribution < 1.29 is 19.5 Å². The third kappa shape index (κ3) is 7.58. The molecule has 0 saturated carbocycles. The number of rotatable bonds is 9. The fraction of sp³-hybridized carbons (Fsp3) is 0.389. The predicted octanol–water partition coefficient (Wildman–Crippen LogP) is 1.58. The summed E-state index contributed by atoms with van der Waals surface area (Å²) in [5.74, 6) is -1.87. The van der Waals surface area contributed by atoms with E-state index >= 15 is 0 Å². The lowest BCUT2D eigenvalue weighted by atomic mass is 10.1. The van der Waals surface area contributed by atoms with E-state index in [0.29, 0.717) is 6.42 Å². The molecule has 0 bridgehead atoms. The molecule has 0 aliphatic heterocycles.